The summed E-state index contributed by atoms with van der Waals surface area (Å²) in [6.07, 6.45) is 25.3. The van der Waals surface area contributed by atoms with E-state index in [4.69, 9.17) is 0 Å². The Morgan fingerprint density at radius 1 is 0.386 bits per heavy atom. The first-order valence-electron chi connectivity index (χ1n) is 18.1. The number of hydrogen-bond acceptors (Lipinski definition) is 0. The molecule has 3 aromatic carbocycles. The second-order valence-electron chi connectivity index (χ2n) is 15.2. The van der Waals surface area contributed by atoms with Crippen LogP contribution in [0.5, 0.6) is 0 Å². The zero-order valence-electron chi connectivity index (χ0n) is 26.3. The number of allylic oxidation sites excluding steroid dienone is 3. The number of benzene rings is 3. The molecule has 6 aliphatic rings. The van der Waals surface area contributed by atoms with E-state index in [2.05, 4.69) is 109 Å². The lowest BCUT2D eigenvalue weighted by molar-refractivity contribution is -0.0431. The highest BCUT2D eigenvalue weighted by atomic mass is 14.8. The molecule has 6 aliphatic carbocycles. The Hall–Kier alpha value is -3.12. The fraction of sp³-hybridized carbons (Fsp3) is 0.455. The van der Waals surface area contributed by atoms with Gasteiger partial charge < -0.3 is 0 Å². The Balaban J connectivity index is 1.43. The van der Waals surface area contributed by atoms with E-state index >= 15 is 0 Å². The molecule has 0 nitrogen and oxygen atoms in total. The van der Waals surface area contributed by atoms with Gasteiger partial charge in [-0.05, 0) is 96.1 Å². The van der Waals surface area contributed by atoms with E-state index in [1.807, 2.05) is 16.7 Å². The normalized spacial score (nSPS) is 40.0. The SMILES string of the molecule is C(=C1\C2CCCCC2C23C4CCCCC4/C(=C/c4ccccc4)C12/C(=C\c1ccccc1)C1CCCCC13)/c1ccccc1. The van der Waals surface area contributed by atoms with Gasteiger partial charge in [-0.2, -0.15) is 0 Å². The van der Waals surface area contributed by atoms with Crippen LogP contribution in [0.25, 0.3) is 18.2 Å². The largest absolute Gasteiger partial charge is 0.0622 e. The van der Waals surface area contributed by atoms with Gasteiger partial charge >= 0.3 is 0 Å². The molecule has 0 spiro atoms. The minimum absolute atomic E-state index is 0.0492. The van der Waals surface area contributed by atoms with Crippen molar-refractivity contribution in [3.05, 3.63) is 124 Å². The first-order valence-corrected chi connectivity index (χ1v) is 18.1. The van der Waals surface area contributed by atoms with Crippen LogP contribution in [0.1, 0.15) is 93.7 Å². The maximum absolute atomic E-state index is 2.76. The fourth-order valence-corrected chi connectivity index (χ4v) is 12.8. The molecule has 44 heavy (non-hydrogen) atoms. The van der Waals surface area contributed by atoms with E-state index in [1.165, 1.54) is 93.7 Å². The van der Waals surface area contributed by atoms with Crippen molar-refractivity contribution in [1.29, 1.82) is 0 Å². The molecule has 9 rings (SSSR count). The van der Waals surface area contributed by atoms with Gasteiger partial charge in [0.25, 0.3) is 0 Å². The molecule has 6 atom stereocenters. The van der Waals surface area contributed by atoms with Crippen molar-refractivity contribution in [3.8, 4) is 0 Å². The average Bonchev–Trinajstić information content (AvgIpc) is 3.60. The number of hydrogen-bond donors (Lipinski definition) is 0. The van der Waals surface area contributed by atoms with Crippen LogP contribution in [0, 0.1) is 46.3 Å². The van der Waals surface area contributed by atoms with Crippen molar-refractivity contribution in [2.24, 2.45) is 46.3 Å². The summed E-state index contributed by atoms with van der Waals surface area (Å²) >= 11 is 0. The third-order valence-electron chi connectivity index (χ3n) is 13.7. The van der Waals surface area contributed by atoms with Crippen molar-refractivity contribution < 1.29 is 0 Å². The van der Waals surface area contributed by atoms with E-state index in [9.17, 15) is 0 Å². The monoisotopic (exact) mass is 576 g/mol. The van der Waals surface area contributed by atoms with Gasteiger partial charge in [0.15, 0.2) is 0 Å². The van der Waals surface area contributed by atoms with Gasteiger partial charge in [0.05, 0.1) is 0 Å². The molecule has 0 heteroatoms. The minimum atomic E-state index is 0.0492. The van der Waals surface area contributed by atoms with Crippen LogP contribution in [-0.4, -0.2) is 0 Å². The third-order valence-corrected chi connectivity index (χ3v) is 13.7. The molecule has 6 saturated carbocycles. The molecule has 3 aromatic rings. The quantitative estimate of drug-likeness (QED) is 0.291. The van der Waals surface area contributed by atoms with Crippen LogP contribution < -0.4 is 0 Å². The van der Waals surface area contributed by atoms with Gasteiger partial charge in [-0.3, -0.25) is 0 Å². The van der Waals surface area contributed by atoms with Gasteiger partial charge in [0, 0.05) is 5.41 Å². The van der Waals surface area contributed by atoms with Gasteiger partial charge in [0.2, 0.25) is 0 Å². The van der Waals surface area contributed by atoms with Crippen molar-refractivity contribution in [2.45, 2.75) is 77.0 Å². The Morgan fingerprint density at radius 3 is 1.00 bits per heavy atom. The van der Waals surface area contributed by atoms with Crippen LogP contribution in [-0.2, 0) is 0 Å². The summed E-state index contributed by atoms with van der Waals surface area (Å²) in [5.41, 5.74) is 10.2. The molecule has 224 valence electrons. The zero-order chi connectivity index (χ0) is 29.1. The van der Waals surface area contributed by atoms with Crippen LogP contribution in [0.3, 0.4) is 0 Å². The lowest BCUT2D eigenvalue weighted by Gasteiger charge is -2.51. The molecule has 6 fully saturated rings. The first-order chi connectivity index (χ1) is 21.8. The van der Waals surface area contributed by atoms with Crippen molar-refractivity contribution >= 4 is 18.2 Å². The summed E-state index contributed by atoms with van der Waals surface area (Å²) in [7, 11) is 0. The molecule has 0 saturated heterocycles. The van der Waals surface area contributed by atoms with E-state index in [0.717, 1.165) is 17.8 Å². The van der Waals surface area contributed by atoms with E-state index in [1.54, 1.807) is 0 Å². The van der Waals surface area contributed by atoms with Gasteiger partial charge in [-0.1, -0.05) is 164 Å². The predicted molar refractivity (Wildman–Crippen MR) is 184 cm³/mol. The maximum Gasteiger partial charge on any atom is 0.0413 e. The summed E-state index contributed by atoms with van der Waals surface area (Å²) in [6.45, 7) is 0. The lowest BCUT2D eigenvalue weighted by Crippen LogP contribution is -2.47. The number of rotatable bonds is 3. The van der Waals surface area contributed by atoms with Crippen LogP contribution in [0.4, 0.5) is 0 Å². The summed E-state index contributed by atoms with van der Waals surface area (Å²) in [5.74, 6) is 4.62. The van der Waals surface area contributed by atoms with Crippen LogP contribution in [0.2, 0.25) is 0 Å². The summed E-state index contributed by atoms with van der Waals surface area (Å²) in [4.78, 5) is 0. The molecular formula is C44H48. The van der Waals surface area contributed by atoms with E-state index < -0.39 is 0 Å². The standard InChI is InChI=1S/C44H48/c1-4-16-31(17-5-1)28-40-34-22-10-13-25-37(34)43-38-26-14-11-23-35(38)41(29-32-18-6-2-7-19-32)44(40,43)42(30-33-20-8-3-9-21-33)36-24-12-15-27-39(36)43/h1-9,16-21,28-30,34-39H,10-15,22-27H2/b40-28-,41-29-,42-30-. The summed E-state index contributed by atoms with van der Waals surface area (Å²) in [5, 5.41) is 0. The topological polar surface area (TPSA) is 0 Å². The second kappa shape index (κ2) is 10.8. The Bertz CT molecular complexity index is 1400. The molecule has 0 bridgehead atoms. The molecule has 0 heterocycles. The van der Waals surface area contributed by atoms with Gasteiger partial charge in [-0.25, -0.2) is 0 Å². The molecule has 0 amide bonds. The Kier molecular flexibility index (Phi) is 6.65. The lowest BCUT2D eigenvalue weighted by atomic mass is 9.52. The van der Waals surface area contributed by atoms with Crippen LogP contribution in [0.15, 0.2) is 108 Å². The molecule has 0 aliphatic heterocycles. The van der Waals surface area contributed by atoms with Gasteiger partial charge in [-0.15, -0.1) is 0 Å². The maximum atomic E-state index is 2.76. The molecular weight excluding hydrogens is 528 g/mol. The molecule has 0 N–H and O–H groups in total. The Labute approximate surface area is 265 Å². The molecule has 0 aromatic heterocycles. The first kappa shape index (κ1) is 27.2. The van der Waals surface area contributed by atoms with Crippen molar-refractivity contribution in [3.63, 3.8) is 0 Å². The van der Waals surface area contributed by atoms with Crippen LogP contribution >= 0.6 is 0 Å². The molecule has 0 radical (unpaired) electrons. The predicted octanol–water partition coefficient (Wildman–Crippen LogP) is 11.7. The van der Waals surface area contributed by atoms with Crippen molar-refractivity contribution in [2.75, 3.05) is 0 Å². The average molecular weight is 577 g/mol. The highest BCUT2D eigenvalue weighted by molar-refractivity contribution is 5.76. The molecule has 6 unspecified atom stereocenters. The Morgan fingerprint density at radius 2 is 0.682 bits per heavy atom. The van der Waals surface area contributed by atoms with Gasteiger partial charge in [0.1, 0.15) is 0 Å². The minimum Gasteiger partial charge on any atom is -0.0622 e. The highest BCUT2D eigenvalue weighted by Crippen LogP contribution is 2.88. The third kappa shape index (κ3) is 3.69. The fourth-order valence-electron chi connectivity index (χ4n) is 12.8. The summed E-state index contributed by atoms with van der Waals surface area (Å²) in [6, 6.07) is 34.4. The summed E-state index contributed by atoms with van der Waals surface area (Å²) < 4.78 is 0. The smallest absolute Gasteiger partial charge is 0.0413 e. The highest BCUT2D eigenvalue weighted by Gasteiger charge is 2.82. The van der Waals surface area contributed by atoms with Crippen molar-refractivity contribution in [1.82, 2.24) is 0 Å². The van der Waals surface area contributed by atoms with E-state index in [-0.39, 0.29) is 5.41 Å². The second-order valence-corrected chi connectivity index (χ2v) is 15.2. The number of fused-ring (bicyclic) bond motifs is 3. The van der Waals surface area contributed by atoms with E-state index in [0.29, 0.717) is 23.2 Å². The zero-order valence-corrected chi connectivity index (χ0v) is 26.3.